The third-order valence-corrected chi connectivity index (χ3v) is 7.34. The van der Waals surface area contributed by atoms with Crippen molar-refractivity contribution in [1.82, 2.24) is 9.80 Å². The van der Waals surface area contributed by atoms with Gasteiger partial charge in [-0.05, 0) is 54.7 Å². The molecule has 1 aliphatic carbocycles. The largest absolute Gasteiger partial charge is 0.497 e. The molecule has 0 unspecified atom stereocenters. The molecule has 30 heavy (non-hydrogen) atoms. The molecule has 2 aromatic carbocycles. The van der Waals surface area contributed by atoms with Gasteiger partial charge < -0.3 is 9.64 Å². The first kappa shape index (κ1) is 19.9. The van der Waals surface area contributed by atoms with Gasteiger partial charge in [-0.2, -0.15) is 0 Å². The smallest absolute Gasteiger partial charge is 0.225 e. The minimum Gasteiger partial charge on any atom is -0.497 e. The highest BCUT2D eigenvalue weighted by Gasteiger charge is 2.49. The third kappa shape index (κ3) is 3.95. The number of nitrogens with zero attached hydrogens (tertiary/aromatic N) is 2. The van der Waals surface area contributed by atoms with E-state index in [-0.39, 0.29) is 5.92 Å². The van der Waals surface area contributed by atoms with Gasteiger partial charge in [-0.15, -0.1) is 0 Å². The maximum Gasteiger partial charge on any atom is 0.225 e. The number of methoxy groups -OCH3 is 1. The van der Waals surface area contributed by atoms with Gasteiger partial charge in [0.1, 0.15) is 5.75 Å². The quantitative estimate of drug-likeness (QED) is 0.704. The number of benzene rings is 2. The van der Waals surface area contributed by atoms with Crippen molar-refractivity contribution < 1.29 is 9.53 Å². The SMILES string of the molecule is COc1ccc([C@H]2CN(C(=O)C3CC3)[C@@H]3CCN(Cc4ccc(Cl)cc4)C[C@H]23)cc1. The van der Waals surface area contributed by atoms with Crippen LogP contribution in [-0.4, -0.2) is 48.5 Å². The fourth-order valence-electron chi connectivity index (χ4n) is 5.32. The van der Waals surface area contributed by atoms with Crippen LogP contribution in [-0.2, 0) is 11.3 Å². The molecule has 0 aromatic heterocycles. The average Bonchev–Trinajstić information content (AvgIpc) is 3.56. The van der Waals surface area contributed by atoms with Gasteiger partial charge in [-0.25, -0.2) is 0 Å². The van der Waals surface area contributed by atoms with Gasteiger partial charge in [0.2, 0.25) is 5.91 Å². The molecule has 0 bridgehead atoms. The van der Waals surface area contributed by atoms with Gasteiger partial charge in [0, 0.05) is 55.0 Å². The second-order valence-electron chi connectivity index (χ2n) is 9.03. The van der Waals surface area contributed by atoms with E-state index in [1.807, 2.05) is 24.3 Å². The Kier molecular flexibility index (Phi) is 5.46. The number of ether oxygens (including phenoxy) is 1. The Bertz CT molecular complexity index is 894. The normalized spacial score (nSPS) is 26.5. The first-order valence-electron chi connectivity index (χ1n) is 11.0. The average molecular weight is 425 g/mol. The van der Waals surface area contributed by atoms with Crippen molar-refractivity contribution >= 4 is 17.5 Å². The molecule has 3 aliphatic rings. The number of carbonyl (C=O) groups excluding carboxylic acids is 1. The number of likely N-dealkylation sites (tertiary alicyclic amines) is 2. The number of halogens is 1. The van der Waals surface area contributed by atoms with E-state index in [4.69, 9.17) is 16.3 Å². The standard InChI is InChI=1S/C25H29ClN2O2/c1-30-21-10-6-18(7-11-21)22-16-28(25(29)19-4-5-19)24-12-13-27(15-23(22)24)14-17-2-8-20(26)9-3-17/h2-3,6-11,19,22-24H,4-5,12-16H2,1H3/t22-,23-,24-/m1/s1. The summed E-state index contributed by atoms with van der Waals surface area (Å²) >= 11 is 6.05. The number of amides is 1. The van der Waals surface area contributed by atoms with Gasteiger partial charge in [-0.1, -0.05) is 35.9 Å². The van der Waals surface area contributed by atoms with Gasteiger partial charge in [0.05, 0.1) is 7.11 Å². The Balaban J connectivity index is 1.37. The number of hydrogen-bond acceptors (Lipinski definition) is 3. The number of hydrogen-bond donors (Lipinski definition) is 0. The molecule has 5 heteroatoms. The first-order valence-corrected chi connectivity index (χ1v) is 11.4. The second kappa shape index (κ2) is 8.24. The number of rotatable bonds is 5. The van der Waals surface area contributed by atoms with Crippen LogP contribution in [0.3, 0.4) is 0 Å². The summed E-state index contributed by atoms with van der Waals surface area (Å²) in [5, 5.41) is 0.780. The fraction of sp³-hybridized carbons (Fsp3) is 0.480. The van der Waals surface area contributed by atoms with Crippen LogP contribution < -0.4 is 4.74 Å². The Labute approximate surface area is 183 Å². The molecule has 158 valence electrons. The lowest BCUT2D eigenvalue weighted by Crippen LogP contribution is -2.48. The van der Waals surface area contributed by atoms with Gasteiger partial charge in [0.15, 0.2) is 0 Å². The van der Waals surface area contributed by atoms with E-state index in [1.165, 1.54) is 11.1 Å². The predicted molar refractivity (Wildman–Crippen MR) is 119 cm³/mol. The zero-order valence-corrected chi connectivity index (χ0v) is 18.2. The second-order valence-corrected chi connectivity index (χ2v) is 9.46. The molecule has 3 fully saturated rings. The van der Waals surface area contributed by atoms with E-state index >= 15 is 0 Å². The maximum absolute atomic E-state index is 13.0. The Morgan fingerprint density at radius 3 is 2.43 bits per heavy atom. The molecule has 2 heterocycles. The molecule has 2 aliphatic heterocycles. The number of fused-ring (bicyclic) bond motifs is 1. The topological polar surface area (TPSA) is 32.8 Å². The zero-order chi connectivity index (χ0) is 20.7. The molecule has 4 nitrogen and oxygen atoms in total. The van der Waals surface area contributed by atoms with Crippen molar-refractivity contribution in [2.24, 2.45) is 11.8 Å². The van der Waals surface area contributed by atoms with Gasteiger partial charge in [-0.3, -0.25) is 9.69 Å². The van der Waals surface area contributed by atoms with Crippen molar-refractivity contribution in [3.8, 4) is 5.75 Å². The van der Waals surface area contributed by atoms with Crippen LogP contribution in [0.5, 0.6) is 5.75 Å². The molecule has 0 N–H and O–H groups in total. The minimum absolute atomic E-state index is 0.285. The molecule has 1 amide bonds. The molecule has 1 saturated carbocycles. The monoisotopic (exact) mass is 424 g/mol. The first-order chi connectivity index (χ1) is 14.6. The van der Waals surface area contributed by atoms with Gasteiger partial charge >= 0.3 is 0 Å². The minimum atomic E-state index is 0.285. The van der Waals surface area contributed by atoms with E-state index in [9.17, 15) is 4.79 Å². The third-order valence-electron chi connectivity index (χ3n) is 7.09. The van der Waals surface area contributed by atoms with E-state index in [1.54, 1.807) is 7.11 Å². The lowest BCUT2D eigenvalue weighted by atomic mass is 9.81. The predicted octanol–water partition coefficient (Wildman–Crippen LogP) is 4.58. The molecule has 0 spiro atoms. The van der Waals surface area contributed by atoms with E-state index < -0.39 is 0 Å². The maximum atomic E-state index is 13.0. The number of piperidine rings is 1. The van der Waals surface area contributed by atoms with Crippen molar-refractivity contribution in [2.45, 2.75) is 37.8 Å². The lowest BCUT2D eigenvalue weighted by Gasteiger charge is -2.39. The molecule has 5 rings (SSSR count). The van der Waals surface area contributed by atoms with Crippen LogP contribution in [0.4, 0.5) is 0 Å². The van der Waals surface area contributed by atoms with E-state index in [0.29, 0.717) is 23.8 Å². The lowest BCUT2D eigenvalue weighted by molar-refractivity contribution is -0.134. The van der Waals surface area contributed by atoms with E-state index in [2.05, 4.69) is 34.1 Å². The summed E-state index contributed by atoms with van der Waals surface area (Å²) < 4.78 is 5.35. The zero-order valence-electron chi connectivity index (χ0n) is 17.5. The molecular formula is C25H29ClN2O2. The summed E-state index contributed by atoms with van der Waals surface area (Å²) in [4.78, 5) is 17.8. The summed E-state index contributed by atoms with van der Waals surface area (Å²) in [6.07, 6.45) is 3.20. The van der Waals surface area contributed by atoms with Crippen LogP contribution in [0.2, 0.25) is 5.02 Å². The van der Waals surface area contributed by atoms with Crippen LogP contribution in [0, 0.1) is 11.8 Å². The Morgan fingerprint density at radius 1 is 1.03 bits per heavy atom. The van der Waals surface area contributed by atoms with Crippen LogP contribution in [0.25, 0.3) is 0 Å². The summed E-state index contributed by atoms with van der Waals surface area (Å²) in [6, 6.07) is 17.0. The van der Waals surface area contributed by atoms with Crippen molar-refractivity contribution in [3.05, 3.63) is 64.7 Å². The Hall–Kier alpha value is -2.04. The van der Waals surface area contributed by atoms with Crippen LogP contribution in [0.1, 0.15) is 36.3 Å². The van der Waals surface area contributed by atoms with E-state index in [0.717, 1.165) is 56.2 Å². The highest BCUT2D eigenvalue weighted by atomic mass is 35.5. The van der Waals surface area contributed by atoms with Crippen LogP contribution in [0.15, 0.2) is 48.5 Å². The highest BCUT2D eigenvalue weighted by molar-refractivity contribution is 6.30. The Morgan fingerprint density at radius 2 is 1.77 bits per heavy atom. The highest BCUT2D eigenvalue weighted by Crippen LogP contribution is 2.44. The summed E-state index contributed by atoms with van der Waals surface area (Å²) in [5.74, 6) is 2.42. The summed E-state index contributed by atoms with van der Waals surface area (Å²) in [5.41, 5.74) is 2.62. The van der Waals surface area contributed by atoms with Crippen LogP contribution >= 0.6 is 11.6 Å². The fourth-order valence-corrected chi connectivity index (χ4v) is 5.44. The molecular weight excluding hydrogens is 396 g/mol. The molecule has 2 aromatic rings. The molecule has 2 saturated heterocycles. The summed E-state index contributed by atoms with van der Waals surface area (Å²) in [7, 11) is 1.70. The number of carbonyl (C=O) groups is 1. The van der Waals surface area contributed by atoms with Gasteiger partial charge in [0.25, 0.3) is 0 Å². The van der Waals surface area contributed by atoms with Crippen molar-refractivity contribution in [1.29, 1.82) is 0 Å². The molecule has 0 radical (unpaired) electrons. The van der Waals surface area contributed by atoms with Crippen molar-refractivity contribution in [3.63, 3.8) is 0 Å². The molecule has 3 atom stereocenters. The van der Waals surface area contributed by atoms with Crippen molar-refractivity contribution in [2.75, 3.05) is 26.7 Å². The summed E-state index contributed by atoms with van der Waals surface area (Å²) in [6.45, 7) is 3.85.